The van der Waals surface area contributed by atoms with E-state index in [9.17, 15) is 9.50 Å². The molecule has 2 N–H and O–H groups in total. The number of hydrogen-bond donors (Lipinski definition) is 2. The molecule has 100 valence electrons. The summed E-state index contributed by atoms with van der Waals surface area (Å²) in [7, 11) is 0. The fourth-order valence-corrected chi connectivity index (χ4v) is 1.83. The van der Waals surface area contributed by atoms with Gasteiger partial charge < -0.3 is 10.4 Å². The molecule has 1 aromatic heterocycles. The number of nitrogens with one attached hydrogen (secondary N) is 1. The van der Waals surface area contributed by atoms with Crippen LogP contribution in [0.2, 0.25) is 0 Å². The average molecular weight is 260 g/mol. The molecule has 2 aromatic rings. The summed E-state index contributed by atoms with van der Waals surface area (Å²) in [6, 6.07) is 7.84. The second kappa shape index (κ2) is 6.41. The van der Waals surface area contributed by atoms with Gasteiger partial charge in [-0.1, -0.05) is 12.1 Å². The smallest absolute Gasteiger partial charge is 0.123 e. The van der Waals surface area contributed by atoms with E-state index in [1.807, 2.05) is 19.2 Å². The molecule has 3 nitrogen and oxygen atoms in total. The molecule has 19 heavy (non-hydrogen) atoms. The topological polar surface area (TPSA) is 45.2 Å². The zero-order valence-electron chi connectivity index (χ0n) is 10.8. The third-order valence-corrected chi connectivity index (χ3v) is 3.06. The number of aromatic nitrogens is 1. The van der Waals surface area contributed by atoms with Crippen molar-refractivity contribution in [3.05, 3.63) is 65.2 Å². The highest BCUT2D eigenvalue weighted by atomic mass is 19.1. The summed E-state index contributed by atoms with van der Waals surface area (Å²) in [6.07, 6.45) is 2.93. The van der Waals surface area contributed by atoms with Gasteiger partial charge in [0, 0.05) is 25.5 Å². The van der Waals surface area contributed by atoms with Crippen molar-refractivity contribution in [2.75, 3.05) is 6.54 Å². The molecule has 0 bridgehead atoms. The maximum Gasteiger partial charge on any atom is 0.123 e. The average Bonchev–Trinajstić information content (AvgIpc) is 2.41. The van der Waals surface area contributed by atoms with Gasteiger partial charge in [-0.3, -0.25) is 4.98 Å². The van der Waals surface area contributed by atoms with E-state index in [1.165, 1.54) is 17.7 Å². The molecule has 1 aromatic carbocycles. The minimum Gasteiger partial charge on any atom is -0.387 e. The quantitative estimate of drug-likeness (QED) is 0.867. The molecule has 0 radical (unpaired) electrons. The minimum atomic E-state index is -0.641. The molecule has 0 amide bonds. The van der Waals surface area contributed by atoms with Gasteiger partial charge in [-0.05, 0) is 41.8 Å². The Hall–Kier alpha value is -1.78. The number of hydrogen-bond acceptors (Lipinski definition) is 3. The molecule has 1 unspecified atom stereocenters. The Bertz CT molecular complexity index is 528. The predicted octanol–water partition coefficient (Wildman–Crippen LogP) is 2.35. The molecule has 0 saturated carbocycles. The van der Waals surface area contributed by atoms with Crippen LogP contribution in [0.3, 0.4) is 0 Å². The maximum absolute atomic E-state index is 12.8. The van der Waals surface area contributed by atoms with Gasteiger partial charge in [-0.15, -0.1) is 0 Å². The molecule has 0 fully saturated rings. The van der Waals surface area contributed by atoms with E-state index in [0.29, 0.717) is 18.7 Å². The number of halogens is 1. The van der Waals surface area contributed by atoms with Gasteiger partial charge in [0.05, 0.1) is 6.10 Å². The van der Waals surface area contributed by atoms with Crippen molar-refractivity contribution >= 4 is 0 Å². The van der Waals surface area contributed by atoms with Crippen LogP contribution in [0.4, 0.5) is 4.39 Å². The van der Waals surface area contributed by atoms with Crippen LogP contribution in [-0.2, 0) is 6.54 Å². The summed E-state index contributed by atoms with van der Waals surface area (Å²) in [4.78, 5) is 4.07. The zero-order chi connectivity index (χ0) is 13.7. The minimum absolute atomic E-state index is 0.296. The van der Waals surface area contributed by atoms with Crippen molar-refractivity contribution in [3.8, 4) is 0 Å². The Morgan fingerprint density at radius 3 is 2.68 bits per heavy atom. The Morgan fingerprint density at radius 2 is 2.00 bits per heavy atom. The fourth-order valence-electron chi connectivity index (χ4n) is 1.83. The fraction of sp³-hybridized carbons (Fsp3) is 0.267. The second-order valence-corrected chi connectivity index (χ2v) is 4.50. The first-order valence-electron chi connectivity index (χ1n) is 6.20. The lowest BCUT2D eigenvalue weighted by molar-refractivity contribution is 0.174. The van der Waals surface area contributed by atoms with Gasteiger partial charge >= 0.3 is 0 Å². The van der Waals surface area contributed by atoms with Crippen molar-refractivity contribution in [2.45, 2.75) is 19.6 Å². The molecule has 4 heteroatoms. The molecular weight excluding hydrogens is 243 g/mol. The third kappa shape index (κ3) is 3.84. The van der Waals surface area contributed by atoms with Crippen molar-refractivity contribution < 1.29 is 9.50 Å². The van der Waals surface area contributed by atoms with E-state index >= 15 is 0 Å². The number of nitrogens with zero attached hydrogens (tertiary/aromatic N) is 1. The lowest BCUT2D eigenvalue weighted by Crippen LogP contribution is -2.21. The van der Waals surface area contributed by atoms with Crippen molar-refractivity contribution in [1.29, 1.82) is 0 Å². The maximum atomic E-state index is 12.8. The predicted molar refractivity (Wildman–Crippen MR) is 72.0 cm³/mol. The molecular formula is C15H17FN2O. The van der Waals surface area contributed by atoms with Crippen molar-refractivity contribution in [2.24, 2.45) is 0 Å². The first-order chi connectivity index (χ1) is 9.16. The number of aliphatic hydroxyl groups excluding tert-OH is 1. The van der Waals surface area contributed by atoms with Gasteiger partial charge in [0.1, 0.15) is 5.82 Å². The van der Waals surface area contributed by atoms with Crippen LogP contribution in [0.15, 0.2) is 42.7 Å². The summed E-state index contributed by atoms with van der Waals surface area (Å²) in [5, 5.41) is 13.1. The van der Waals surface area contributed by atoms with Crippen LogP contribution < -0.4 is 5.32 Å². The zero-order valence-corrected chi connectivity index (χ0v) is 10.8. The number of rotatable bonds is 5. The lowest BCUT2D eigenvalue weighted by atomic mass is 10.1. The van der Waals surface area contributed by atoms with Gasteiger partial charge in [-0.25, -0.2) is 4.39 Å². The van der Waals surface area contributed by atoms with E-state index in [1.54, 1.807) is 18.3 Å². The Labute approximate surface area is 112 Å². The van der Waals surface area contributed by atoms with Crippen LogP contribution in [-0.4, -0.2) is 16.6 Å². The van der Waals surface area contributed by atoms with Gasteiger partial charge in [-0.2, -0.15) is 0 Å². The Kier molecular flexibility index (Phi) is 4.60. The molecule has 0 aliphatic rings. The Balaban J connectivity index is 1.86. The summed E-state index contributed by atoms with van der Waals surface area (Å²) < 4.78 is 12.8. The summed E-state index contributed by atoms with van der Waals surface area (Å²) in [5.74, 6) is -0.296. The summed E-state index contributed by atoms with van der Waals surface area (Å²) in [6.45, 7) is 3.09. The highest BCUT2D eigenvalue weighted by Crippen LogP contribution is 2.13. The van der Waals surface area contributed by atoms with Crippen LogP contribution in [0.1, 0.15) is 22.8 Å². The van der Waals surface area contributed by atoms with E-state index in [4.69, 9.17) is 0 Å². The number of pyridine rings is 1. The first kappa shape index (κ1) is 13.6. The monoisotopic (exact) mass is 260 g/mol. The van der Waals surface area contributed by atoms with Crippen LogP contribution in [0, 0.1) is 12.7 Å². The van der Waals surface area contributed by atoms with Gasteiger partial charge in [0.2, 0.25) is 0 Å². The molecule has 0 spiro atoms. The number of aliphatic hydroxyl groups is 1. The third-order valence-electron chi connectivity index (χ3n) is 3.06. The van der Waals surface area contributed by atoms with E-state index in [-0.39, 0.29) is 5.82 Å². The van der Waals surface area contributed by atoms with E-state index in [2.05, 4.69) is 10.3 Å². The largest absolute Gasteiger partial charge is 0.387 e. The van der Waals surface area contributed by atoms with Gasteiger partial charge in [0.15, 0.2) is 0 Å². The SMILES string of the molecule is Cc1ccncc1CNCC(O)c1ccc(F)cc1. The highest BCUT2D eigenvalue weighted by molar-refractivity contribution is 5.21. The molecule has 1 heterocycles. The highest BCUT2D eigenvalue weighted by Gasteiger charge is 2.07. The molecule has 0 aliphatic heterocycles. The normalized spacial score (nSPS) is 12.4. The Morgan fingerprint density at radius 1 is 1.26 bits per heavy atom. The van der Waals surface area contributed by atoms with E-state index < -0.39 is 6.10 Å². The van der Waals surface area contributed by atoms with Crippen LogP contribution in [0.5, 0.6) is 0 Å². The van der Waals surface area contributed by atoms with Crippen LogP contribution in [0.25, 0.3) is 0 Å². The number of benzene rings is 1. The van der Waals surface area contributed by atoms with Crippen molar-refractivity contribution in [1.82, 2.24) is 10.3 Å². The standard InChI is InChI=1S/C15H17FN2O/c1-11-6-7-17-8-13(11)9-18-10-15(19)12-2-4-14(16)5-3-12/h2-8,15,18-19H,9-10H2,1H3. The number of aryl methyl sites for hydroxylation is 1. The second-order valence-electron chi connectivity index (χ2n) is 4.50. The molecule has 2 rings (SSSR count). The first-order valence-corrected chi connectivity index (χ1v) is 6.20. The van der Waals surface area contributed by atoms with Crippen LogP contribution >= 0.6 is 0 Å². The lowest BCUT2D eigenvalue weighted by Gasteiger charge is -2.13. The summed E-state index contributed by atoms with van der Waals surface area (Å²) >= 11 is 0. The van der Waals surface area contributed by atoms with E-state index in [0.717, 1.165) is 5.56 Å². The van der Waals surface area contributed by atoms with Gasteiger partial charge in [0.25, 0.3) is 0 Å². The summed E-state index contributed by atoms with van der Waals surface area (Å²) in [5.41, 5.74) is 2.98. The molecule has 1 atom stereocenters. The van der Waals surface area contributed by atoms with Crippen molar-refractivity contribution in [3.63, 3.8) is 0 Å². The molecule has 0 aliphatic carbocycles. The molecule has 0 saturated heterocycles.